The number of para-hydroxylation sites is 1. The van der Waals surface area contributed by atoms with Crippen molar-refractivity contribution in [2.24, 2.45) is 0 Å². The third-order valence-electron chi connectivity index (χ3n) is 7.19. The molecule has 5 rings (SSSR count). The smallest absolute Gasteiger partial charge is 0.182 e. The maximum Gasteiger partial charge on any atom is 0.182 e. The van der Waals surface area contributed by atoms with Crippen LogP contribution in [0.1, 0.15) is 39.1 Å². The van der Waals surface area contributed by atoms with Crippen LogP contribution in [0.3, 0.4) is 0 Å². The van der Waals surface area contributed by atoms with E-state index in [0.717, 1.165) is 36.9 Å². The zero-order chi connectivity index (χ0) is 24.4. The van der Waals surface area contributed by atoms with E-state index in [2.05, 4.69) is 9.80 Å². The Labute approximate surface area is 210 Å². The van der Waals surface area contributed by atoms with Gasteiger partial charge in [-0.1, -0.05) is 78.3 Å². The molecule has 6 heteroatoms. The first-order valence-corrected chi connectivity index (χ1v) is 12.4. The zero-order valence-corrected chi connectivity index (χ0v) is 20.2. The quantitative estimate of drug-likeness (QED) is 0.448. The number of hydrogen-bond donors (Lipinski definition) is 0. The van der Waals surface area contributed by atoms with Crippen molar-refractivity contribution in [1.29, 1.82) is 0 Å². The summed E-state index contributed by atoms with van der Waals surface area (Å²) < 4.78 is 0. The number of carbonyl (C=O) groups is 3. The maximum absolute atomic E-state index is 13.6. The molecule has 0 spiro atoms. The van der Waals surface area contributed by atoms with Gasteiger partial charge in [0.05, 0.1) is 10.7 Å². The molecule has 0 radical (unpaired) electrons. The van der Waals surface area contributed by atoms with Gasteiger partial charge in [0.2, 0.25) is 0 Å². The molecule has 0 amide bonds. The van der Waals surface area contributed by atoms with Gasteiger partial charge in [0.15, 0.2) is 11.6 Å². The highest BCUT2D eigenvalue weighted by atomic mass is 35.5. The molecule has 0 unspecified atom stereocenters. The van der Waals surface area contributed by atoms with E-state index in [4.69, 9.17) is 11.6 Å². The highest BCUT2D eigenvalue weighted by molar-refractivity contribution is 6.34. The molecule has 3 aromatic carbocycles. The highest BCUT2D eigenvalue weighted by Crippen LogP contribution is 2.42. The zero-order valence-electron chi connectivity index (χ0n) is 19.5. The average molecular weight is 487 g/mol. The lowest BCUT2D eigenvalue weighted by Gasteiger charge is -2.36. The summed E-state index contributed by atoms with van der Waals surface area (Å²) >= 11 is 6.34. The van der Waals surface area contributed by atoms with E-state index in [-0.39, 0.29) is 23.8 Å². The largest absolute Gasteiger partial charge is 0.368 e. The van der Waals surface area contributed by atoms with Gasteiger partial charge >= 0.3 is 0 Å². The number of ketones is 3. The average Bonchev–Trinajstić information content (AvgIpc) is 3.11. The standard InChI is InChI=1S/C29H27ClN2O3/c30-25-12-6-7-13-26(25)32-18-16-31(17-19-32)15-14-22(33)20-29(21-8-2-1-3-9-21)27(34)23-10-4-5-11-24(23)28(29)35/h1-13H,14-20H2. The van der Waals surface area contributed by atoms with Crippen molar-refractivity contribution < 1.29 is 14.4 Å². The van der Waals surface area contributed by atoms with E-state index in [9.17, 15) is 14.4 Å². The Kier molecular flexibility index (Phi) is 6.54. The number of Topliss-reactive ketones (excluding diaryl/α,β-unsaturated/α-hetero) is 3. The van der Waals surface area contributed by atoms with E-state index in [1.807, 2.05) is 42.5 Å². The number of nitrogens with zero attached hydrogens (tertiary/aromatic N) is 2. The molecular weight excluding hydrogens is 460 g/mol. The Balaban J connectivity index is 1.27. The molecule has 1 fully saturated rings. The molecule has 3 aromatic rings. The fourth-order valence-electron chi connectivity index (χ4n) is 5.28. The van der Waals surface area contributed by atoms with Gasteiger partial charge in [-0.3, -0.25) is 19.3 Å². The van der Waals surface area contributed by atoms with Crippen molar-refractivity contribution in [2.45, 2.75) is 18.3 Å². The minimum Gasteiger partial charge on any atom is -0.368 e. The van der Waals surface area contributed by atoms with Crippen LogP contribution in [0.4, 0.5) is 5.69 Å². The van der Waals surface area contributed by atoms with Crippen LogP contribution in [0, 0.1) is 0 Å². The number of fused-ring (bicyclic) bond motifs is 1. The first-order valence-electron chi connectivity index (χ1n) is 12.0. The molecule has 0 aromatic heterocycles. The fraction of sp³-hybridized carbons (Fsp3) is 0.276. The molecule has 0 N–H and O–H groups in total. The van der Waals surface area contributed by atoms with Crippen LogP contribution >= 0.6 is 11.6 Å². The van der Waals surface area contributed by atoms with Gasteiger partial charge in [-0.05, 0) is 17.7 Å². The van der Waals surface area contributed by atoms with Crippen molar-refractivity contribution >= 4 is 34.6 Å². The number of carbonyl (C=O) groups excluding carboxylic acids is 3. The lowest BCUT2D eigenvalue weighted by Crippen LogP contribution is -2.47. The summed E-state index contributed by atoms with van der Waals surface area (Å²) in [5.41, 5.74) is 0.972. The van der Waals surface area contributed by atoms with Crippen LogP contribution in [0.15, 0.2) is 78.9 Å². The number of benzene rings is 3. The second-order valence-electron chi connectivity index (χ2n) is 9.22. The Bertz CT molecular complexity index is 1230. The Morgan fingerprint density at radius 1 is 0.771 bits per heavy atom. The first-order chi connectivity index (χ1) is 17.0. The summed E-state index contributed by atoms with van der Waals surface area (Å²) in [6.45, 7) is 3.92. The Hall–Kier alpha value is -3.28. The van der Waals surface area contributed by atoms with Gasteiger partial charge in [-0.15, -0.1) is 0 Å². The monoisotopic (exact) mass is 486 g/mol. The molecule has 0 saturated carbocycles. The predicted octanol–water partition coefficient (Wildman–Crippen LogP) is 4.83. The van der Waals surface area contributed by atoms with E-state index >= 15 is 0 Å². The summed E-state index contributed by atoms with van der Waals surface area (Å²) in [6.07, 6.45) is 0.195. The minimum absolute atomic E-state index is 0.0723. The lowest BCUT2D eigenvalue weighted by molar-refractivity contribution is -0.120. The second kappa shape index (κ2) is 9.76. The minimum atomic E-state index is -1.47. The summed E-state index contributed by atoms with van der Waals surface area (Å²) in [7, 11) is 0. The lowest BCUT2D eigenvalue weighted by atomic mass is 9.72. The number of piperazine rings is 1. The Morgan fingerprint density at radius 3 is 1.97 bits per heavy atom. The van der Waals surface area contributed by atoms with Crippen LogP contribution < -0.4 is 4.90 Å². The molecule has 0 bridgehead atoms. The van der Waals surface area contributed by atoms with Crippen molar-refractivity contribution in [3.63, 3.8) is 0 Å². The summed E-state index contributed by atoms with van der Waals surface area (Å²) in [4.78, 5) is 44.9. The van der Waals surface area contributed by atoms with Crippen LogP contribution in [-0.2, 0) is 10.2 Å². The molecule has 5 nitrogen and oxygen atoms in total. The van der Waals surface area contributed by atoms with Crippen molar-refractivity contribution in [1.82, 2.24) is 4.90 Å². The van der Waals surface area contributed by atoms with E-state index < -0.39 is 5.41 Å². The van der Waals surface area contributed by atoms with Gasteiger partial charge in [0.25, 0.3) is 0 Å². The molecule has 1 saturated heterocycles. The second-order valence-corrected chi connectivity index (χ2v) is 9.63. The van der Waals surface area contributed by atoms with Crippen LogP contribution in [0.25, 0.3) is 0 Å². The van der Waals surface area contributed by atoms with E-state index in [1.165, 1.54) is 0 Å². The van der Waals surface area contributed by atoms with Crippen molar-refractivity contribution in [3.8, 4) is 0 Å². The molecule has 1 heterocycles. The number of hydrogen-bond acceptors (Lipinski definition) is 5. The highest BCUT2D eigenvalue weighted by Gasteiger charge is 2.54. The summed E-state index contributed by atoms with van der Waals surface area (Å²) in [5, 5.41) is 0.745. The number of anilines is 1. The molecule has 0 atom stereocenters. The van der Waals surface area contributed by atoms with Gasteiger partial charge in [-0.25, -0.2) is 0 Å². The van der Waals surface area contributed by atoms with Gasteiger partial charge < -0.3 is 4.90 Å². The van der Waals surface area contributed by atoms with Gasteiger partial charge in [0, 0.05) is 56.7 Å². The number of halogens is 1. The maximum atomic E-state index is 13.6. The third kappa shape index (κ3) is 4.30. The van der Waals surface area contributed by atoms with Gasteiger partial charge in [-0.2, -0.15) is 0 Å². The fourth-order valence-corrected chi connectivity index (χ4v) is 5.53. The van der Waals surface area contributed by atoms with Crippen LogP contribution in [0.5, 0.6) is 0 Å². The predicted molar refractivity (Wildman–Crippen MR) is 138 cm³/mol. The van der Waals surface area contributed by atoms with Crippen molar-refractivity contribution in [3.05, 3.63) is 101 Å². The summed E-state index contributed by atoms with van der Waals surface area (Å²) in [5.74, 6) is -0.617. The van der Waals surface area contributed by atoms with Crippen molar-refractivity contribution in [2.75, 3.05) is 37.6 Å². The number of rotatable bonds is 7. The van der Waals surface area contributed by atoms with Crippen LogP contribution in [-0.4, -0.2) is 55.0 Å². The molecule has 178 valence electrons. The SMILES string of the molecule is O=C(CCN1CCN(c2ccccc2Cl)CC1)CC1(c2ccccc2)C(=O)c2ccccc2C1=O. The molecule has 1 aliphatic heterocycles. The molecule has 1 aliphatic carbocycles. The topological polar surface area (TPSA) is 57.7 Å². The molecule has 2 aliphatic rings. The van der Waals surface area contributed by atoms with Gasteiger partial charge in [0.1, 0.15) is 11.2 Å². The van der Waals surface area contributed by atoms with E-state index in [0.29, 0.717) is 29.7 Å². The molecular formula is C29H27ClN2O3. The normalized spacial score (nSPS) is 17.5. The van der Waals surface area contributed by atoms with Crippen LogP contribution in [0.2, 0.25) is 5.02 Å². The Morgan fingerprint density at radius 2 is 1.34 bits per heavy atom. The first kappa shape index (κ1) is 23.5. The third-order valence-corrected chi connectivity index (χ3v) is 7.51. The molecule has 35 heavy (non-hydrogen) atoms. The summed E-state index contributed by atoms with van der Waals surface area (Å²) in [6, 6.07) is 23.7. The van der Waals surface area contributed by atoms with E-state index in [1.54, 1.807) is 36.4 Å².